The fraction of sp³-hybridized carbons (Fsp3) is 0.300. The van der Waals surface area contributed by atoms with Crippen molar-refractivity contribution in [1.82, 2.24) is 10.2 Å². The first-order valence-corrected chi connectivity index (χ1v) is 5.50. The lowest BCUT2D eigenvalue weighted by Crippen LogP contribution is -2.72. The Hall–Kier alpha value is -2.00. The van der Waals surface area contributed by atoms with Crippen molar-refractivity contribution in [3.05, 3.63) is 29.8 Å². The van der Waals surface area contributed by atoms with Crippen LogP contribution in [0.5, 0.6) is 0 Å². The van der Waals surface area contributed by atoms with Gasteiger partial charge < -0.3 is 11.5 Å². The highest BCUT2D eigenvalue weighted by molar-refractivity contribution is 5.89. The molecule has 1 aromatic rings. The van der Waals surface area contributed by atoms with E-state index in [-0.39, 0.29) is 12.2 Å². The van der Waals surface area contributed by atoms with Crippen LogP contribution in [0.1, 0.15) is 5.56 Å². The Labute approximate surface area is 106 Å². The van der Waals surface area contributed by atoms with E-state index in [1.54, 1.807) is 0 Å². The second-order valence-corrected chi connectivity index (χ2v) is 4.32. The van der Waals surface area contributed by atoms with E-state index in [1.165, 1.54) is 22.4 Å². The summed E-state index contributed by atoms with van der Waals surface area (Å²) in [6.45, 7) is 0. The largest absolute Gasteiger partial charge is 0.416 e. The van der Waals surface area contributed by atoms with E-state index < -0.39 is 11.7 Å². The highest BCUT2D eigenvalue weighted by Gasteiger charge is 2.53. The van der Waals surface area contributed by atoms with E-state index in [1.807, 2.05) is 0 Å². The molecule has 0 spiro atoms. The van der Waals surface area contributed by atoms with Gasteiger partial charge in [0.2, 0.25) is 0 Å². The fourth-order valence-electron chi connectivity index (χ4n) is 2.08. The number of alkyl halides is 3. The predicted octanol–water partition coefficient (Wildman–Crippen LogP) is 0.504. The zero-order valence-electron chi connectivity index (χ0n) is 9.59. The van der Waals surface area contributed by atoms with Crippen molar-refractivity contribution in [2.24, 2.45) is 16.6 Å². The Balaban J connectivity index is 1.76. The molecule has 0 saturated carbocycles. The van der Waals surface area contributed by atoms with Gasteiger partial charge in [0, 0.05) is 0 Å². The fourth-order valence-corrected chi connectivity index (χ4v) is 2.08. The van der Waals surface area contributed by atoms with E-state index in [2.05, 4.69) is 10.5 Å². The number of benzene rings is 1. The topological polar surface area (TPSA) is 82.9 Å². The van der Waals surface area contributed by atoms with Crippen molar-refractivity contribution in [2.75, 3.05) is 5.43 Å². The average molecular weight is 272 g/mol. The van der Waals surface area contributed by atoms with Gasteiger partial charge in [-0.3, -0.25) is 5.43 Å². The van der Waals surface area contributed by atoms with Crippen LogP contribution in [0, 0.1) is 0 Å². The predicted molar refractivity (Wildman–Crippen MR) is 62.1 cm³/mol. The molecule has 1 fully saturated rings. The molecule has 1 aromatic carbocycles. The number of hydrazine groups is 2. The van der Waals surface area contributed by atoms with Gasteiger partial charge in [-0.1, -0.05) is 6.07 Å². The van der Waals surface area contributed by atoms with Crippen LogP contribution in [0.25, 0.3) is 0 Å². The van der Waals surface area contributed by atoms with Gasteiger partial charge in [0.25, 0.3) is 0 Å². The maximum atomic E-state index is 12.6. The number of halogens is 3. The summed E-state index contributed by atoms with van der Waals surface area (Å²) in [5.74, 6) is 0.340. The molecular weight excluding hydrogens is 261 g/mol. The zero-order chi connectivity index (χ0) is 13.8. The molecule has 3 aliphatic rings. The Morgan fingerprint density at radius 3 is 2.58 bits per heavy atom. The molecule has 0 aromatic heterocycles. The standard InChI is InChI=1S/C10H11F3N6/c11-10(12,13)5-2-1-3-6(4-5)16-18-7-8(14)17-19(18)9(7)15/h1-4,7,9,16H,15H2,(H2,14,17). The van der Waals surface area contributed by atoms with Crippen LogP contribution in [-0.4, -0.2) is 28.3 Å². The van der Waals surface area contributed by atoms with Crippen LogP contribution >= 0.6 is 0 Å². The minimum absolute atomic E-state index is 0.293. The van der Waals surface area contributed by atoms with Crippen molar-refractivity contribution >= 4 is 11.5 Å². The second kappa shape index (κ2) is 3.75. The van der Waals surface area contributed by atoms with Crippen molar-refractivity contribution < 1.29 is 13.2 Å². The van der Waals surface area contributed by atoms with Crippen LogP contribution in [0.4, 0.5) is 18.9 Å². The Morgan fingerprint density at radius 1 is 1.32 bits per heavy atom. The molecule has 19 heavy (non-hydrogen) atoms. The molecule has 9 heteroatoms. The summed E-state index contributed by atoms with van der Waals surface area (Å²) < 4.78 is 37.7. The number of anilines is 1. The third kappa shape index (κ3) is 1.78. The molecule has 0 amide bonds. The summed E-state index contributed by atoms with van der Waals surface area (Å²) in [7, 11) is 0. The summed E-state index contributed by atoms with van der Waals surface area (Å²) >= 11 is 0. The maximum absolute atomic E-state index is 12.6. The molecule has 1 saturated heterocycles. The first-order valence-electron chi connectivity index (χ1n) is 5.50. The van der Waals surface area contributed by atoms with E-state index in [9.17, 15) is 13.2 Å². The Bertz CT molecular complexity index is 542. The van der Waals surface area contributed by atoms with Crippen molar-refractivity contribution in [1.29, 1.82) is 0 Å². The van der Waals surface area contributed by atoms with Crippen LogP contribution in [0.15, 0.2) is 29.4 Å². The summed E-state index contributed by atoms with van der Waals surface area (Å²) in [5, 5.41) is 6.82. The number of rotatable bonds is 2. The molecule has 2 bridgehead atoms. The second-order valence-electron chi connectivity index (χ2n) is 4.32. The first-order chi connectivity index (χ1) is 8.88. The van der Waals surface area contributed by atoms with Crippen molar-refractivity contribution in [3.8, 4) is 0 Å². The molecule has 2 unspecified atom stereocenters. The smallest absolute Gasteiger partial charge is 0.384 e. The maximum Gasteiger partial charge on any atom is 0.416 e. The normalized spacial score (nSPS) is 26.1. The molecule has 3 aliphatic heterocycles. The van der Waals surface area contributed by atoms with Gasteiger partial charge in [0.05, 0.1) is 11.3 Å². The molecular formula is C10H11F3N6. The van der Waals surface area contributed by atoms with Gasteiger partial charge in [-0.25, -0.2) is 0 Å². The number of hydrogen-bond donors (Lipinski definition) is 3. The number of hydrogen-bond acceptors (Lipinski definition) is 6. The van der Waals surface area contributed by atoms with Gasteiger partial charge in [-0.05, 0) is 18.2 Å². The number of amidine groups is 1. The highest BCUT2D eigenvalue weighted by Crippen LogP contribution is 2.33. The third-order valence-electron chi connectivity index (χ3n) is 3.03. The number of nitrogens with two attached hydrogens (primary N) is 2. The molecule has 6 nitrogen and oxygen atoms in total. The van der Waals surface area contributed by atoms with E-state index in [0.717, 1.165) is 12.1 Å². The summed E-state index contributed by atoms with van der Waals surface area (Å²) in [5.41, 5.74) is 13.7. The lowest BCUT2D eigenvalue weighted by Gasteiger charge is -2.46. The number of hydrazone groups is 1. The summed E-state index contributed by atoms with van der Waals surface area (Å²) in [4.78, 5) is 0. The Kier molecular flexibility index (Phi) is 2.38. The third-order valence-corrected chi connectivity index (χ3v) is 3.03. The SMILES string of the molecule is NC1=NN2C(N)C1N2Nc1cccc(C(F)(F)F)c1. The van der Waals surface area contributed by atoms with Crippen molar-refractivity contribution in [2.45, 2.75) is 18.4 Å². The molecule has 102 valence electrons. The van der Waals surface area contributed by atoms with E-state index in [0.29, 0.717) is 11.5 Å². The molecule has 2 atom stereocenters. The van der Waals surface area contributed by atoms with Gasteiger partial charge in [-0.2, -0.15) is 18.3 Å². The van der Waals surface area contributed by atoms with E-state index in [4.69, 9.17) is 11.5 Å². The lowest BCUT2D eigenvalue weighted by molar-refractivity contribution is -0.143. The number of nitrogens with one attached hydrogen (secondary N) is 1. The highest BCUT2D eigenvalue weighted by atomic mass is 19.4. The van der Waals surface area contributed by atoms with Gasteiger partial charge in [-0.15, -0.1) is 10.2 Å². The minimum Gasteiger partial charge on any atom is -0.384 e. The quantitative estimate of drug-likeness (QED) is 0.730. The molecule has 5 N–H and O–H groups in total. The van der Waals surface area contributed by atoms with Crippen molar-refractivity contribution in [3.63, 3.8) is 0 Å². The first kappa shape index (κ1) is 12.1. The van der Waals surface area contributed by atoms with Gasteiger partial charge in [0.1, 0.15) is 18.0 Å². The van der Waals surface area contributed by atoms with Crippen LogP contribution in [0.2, 0.25) is 0 Å². The minimum atomic E-state index is -4.38. The van der Waals surface area contributed by atoms with Crippen LogP contribution in [-0.2, 0) is 6.18 Å². The lowest BCUT2D eigenvalue weighted by atomic mass is 10.2. The monoisotopic (exact) mass is 272 g/mol. The Morgan fingerprint density at radius 2 is 2.05 bits per heavy atom. The van der Waals surface area contributed by atoms with Crippen LogP contribution in [0.3, 0.4) is 0 Å². The van der Waals surface area contributed by atoms with E-state index >= 15 is 0 Å². The van der Waals surface area contributed by atoms with Gasteiger partial charge in [0.15, 0.2) is 0 Å². The number of nitrogens with zero attached hydrogens (tertiary/aromatic N) is 3. The van der Waals surface area contributed by atoms with Crippen LogP contribution < -0.4 is 16.9 Å². The summed E-state index contributed by atoms with van der Waals surface area (Å²) in [6, 6.07) is 4.55. The zero-order valence-corrected chi connectivity index (χ0v) is 9.59. The molecule has 3 heterocycles. The molecule has 0 aliphatic carbocycles. The van der Waals surface area contributed by atoms with Gasteiger partial charge >= 0.3 is 6.18 Å². The summed E-state index contributed by atoms with van der Waals surface area (Å²) in [6.07, 6.45) is -4.74. The average Bonchev–Trinajstić information content (AvgIpc) is 2.82. The molecule has 4 rings (SSSR count). The molecule has 0 radical (unpaired) electrons.